The molecular weight excluding hydrogens is 320 g/mol. The van der Waals surface area contributed by atoms with E-state index >= 15 is 0 Å². The van der Waals surface area contributed by atoms with Gasteiger partial charge in [0, 0.05) is 5.56 Å². The van der Waals surface area contributed by atoms with E-state index in [1.54, 1.807) is 0 Å². The van der Waals surface area contributed by atoms with Gasteiger partial charge in [0.25, 0.3) is 0 Å². The highest BCUT2D eigenvalue weighted by atomic mass is 79.9. The summed E-state index contributed by atoms with van der Waals surface area (Å²) in [6, 6.07) is 1.43. The molecule has 0 amide bonds. The fourth-order valence-electron chi connectivity index (χ4n) is 2.59. The first-order valence-corrected chi connectivity index (χ1v) is 6.66. The highest BCUT2D eigenvalue weighted by Crippen LogP contribution is 2.46. The molecule has 19 heavy (non-hydrogen) atoms. The maximum absolute atomic E-state index is 14.2. The molecule has 102 valence electrons. The maximum Gasteiger partial charge on any atom is 0.235 e. The number of halogens is 3. The van der Waals surface area contributed by atoms with Crippen molar-refractivity contribution in [2.24, 2.45) is 4.99 Å². The number of hydrogen-bond donors (Lipinski definition) is 0. The minimum Gasteiger partial charge on any atom is -0.492 e. The topological polar surface area (TPSA) is 38.7 Å². The molecule has 1 aromatic carbocycles. The van der Waals surface area contributed by atoms with E-state index in [0.717, 1.165) is 12.8 Å². The van der Waals surface area contributed by atoms with Crippen molar-refractivity contribution >= 4 is 22.0 Å². The summed E-state index contributed by atoms with van der Waals surface area (Å²) >= 11 is 3.14. The fraction of sp³-hybridized carbons (Fsp3) is 0.462. The molecule has 0 heterocycles. The third kappa shape index (κ3) is 2.30. The Morgan fingerprint density at radius 1 is 1.37 bits per heavy atom. The van der Waals surface area contributed by atoms with Gasteiger partial charge < -0.3 is 4.74 Å². The minimum absolute atomic E-state index is 0.0820. The summed E-state index contributed by atoms with van der Waals surface area (Å²) in [5, 5.41) is 0. The third-order valence-corrected chi connectivity index (χ3v) is 4.10. The van der Waals surface area contributed by atoms with Crippen LogP contribution in [0.15, 0.2) is 15.5 Å². The van der Waals surface area contributed by atoms with Gasteiger partial charge in [0.05, 0.1) is 11.6 Å². The quantitative estimate of drug-likeness (QED) is 0.479. The fourth-order valence-corrected chi connectivity index (χ4v) is 3.16. The molecule has 0 radical (unpaired) electrons. The van der Waals surface area contributed by atoms with Crippen LogP contribution < -0.4 is 4.74 Å². The second-order valence-corrected chi connectivity index (χ2v) is 5.36. The number of methoxy groups -OCH3 is 1. The average molecular weight is 332 g/mol. The van der Waals surface area contributed by atoms with Crippen molar-refractivity contribution in [1.82, 2.24) is 0 Å². The van der Waals surface area contributed by atoms with Gasteiger partial charge in [-0.2, -0.15) is 9.38 Å². The highest BCUT2D eigenvalue weighted by Gasteiger charge is 2.39. The largest absolute Gasteiger partial charge is 0.492 e. The van der Waals surface area contributed by atoms with Crippen LogP contribution in [0.5, 0.6) is 5.75 Å². The first kappa shape index (κ1) is 14.2. The van der Waals surface area contributed by atoms with Gasteiger partial charge in [-0.1, -0.05) is 12.8 Å². The second kappa shape index (κ2) is 5.39. The summed E-state index contributed by atoms with van der Waals surface area (Å²) in [5.74, 6) is -2.27. The summed E-state index contributed by atoms with van der Waals surface area (Å²) in [5.41, 5.74) is -0.917. The average Bonchev–Trinajstić information content (AvgIpc) is 2.84. The molecule has 0 atom stereocenters. The number of hydrogen-bond acceptors (Lipinski definition) is 3. The first-order valence-electron chi connectivity index (χ1n) is 5.87. The maximum atomic E-state index is 14.2. The van der Waals surface area contributed by atoms with Crippen molar-refractivity contribution in [3.8, 4) is 5.75 Å². The molecule has 3 nitrogen and oxygen atoms in total. The van der Waals surface area contributed by atoms with Crippen molar-refractivity contribution < 1.29 is 18.3 Å². The zero-order chi connectivity index (χ0) is 14.0. The summed E-state index contributed by atoms with van der Waals surface area (Å²) in [6.45, 7) is 0. The van der Waals surface area contributed by atoms with Crippen LogP contribution in [0, 0.1) is 11.6 Å². The molecule has 1 aliphatic rings. The van der Waals surface area contributed by atoms with Crippen molar-refractivity contribution in [3.05, 3.63) is 27.7 Å². The number of isocyanates is 1. The molecule has 0 N–H and O–H groups in total. The lowest BCUT2D eigenvalue weighted by Crippen LogP contribution is -2.21. The molecule has 0 saturated heterocycles. The van der Waals surface area contributed by atoms with Crippen LogP contribution in [-0.2, 0) is 10.3 Å². The molecule has 0 aromatic heterocycles. The Morgan fingerprint density at radius 2 is 2.00 bits per heavy atom. The van der Waals surface area contributed by atoms with Gasteiger partial charge in [-0.15, -0.1) is 0 Å². The third-order valence-electron chi connectivity index (χ3n) is 3.51. The molecule has 1 aliphatic carbocycles. The Bertz CT molecular complexity index is 550. The van der Waals surface area contributed by atoms with Gasteiger partial charge in [0.15, 0.2) is 11.6 Å². The minimum atomic E-state index is -1.07. The number of benzene rings is 1. The van der Waals surface area contributed by atoms with Crippen molar-refractivity contribution in [2.45, 2.75) is 31.2 Å². The number of rotatable bonds is 3. The highest BCUT2D eigenvalue weighted by molar-refractivity contribution is 9.10. The van der Waals surface area contributed by atoms with Crippen LogP contribution in [0.25, 0.3) is 0 Å². The molecule has 6 heteroatoms. The number of ether oxygens (including phenoxy) is 1. The smallest absolute Gasteiger partial charge is 0.235 e. The first-order chi connectivity index (χ1) is 9.05. The van der Waals surface area contributed by atoms with Gasteiger partial charge in [-0.3, -0.25) is 0 Å². The molecule has 1 fully saturated rings. The normalized spacial score (nSPS) is 17.1. The molecule has 0 unspecified atom stereocenters. The number of nitrogens with zero attached hydrogens (tertiary/aromatic N) is 1. The molecule has 1 saturated carbocycles. The van der Waals surface area contributed by atoms with Crippen LogP contribution in [0.1, 0.15) is 31.2 Å². The van der Waals surface area contributed by atoms with Crippen molar-refractivity contribution in [1.29, 1.82) is 0 Å². The molecule has 2 rings (SSSR count). The lowest BCUT2D eigenvalue weighted by atomic mass is 9.88. The van der Waals surface area contributed by atoms with Gasteiger partial charge >= 0.3 is 0 Å². The SMILES string of the molecule is COc1c(Br)cc(C2(N=C=O)CCCC2)c(F)c1F. The molecule has 0 spiro atoms. The van der Waals surface area contributed by atoms with Crippen molar-refractivity contribution in [2.75, 3.05) is 7.11 Å². The number of carbonyl (C=O) groups excluding carboxylic acids is 1. The van der Waals surface area contributed by atoms with E-state index < -0.39 is 17.2 Å². The van der Waals surface area contributed by atoms with Crippen LogP contribution in [0.4, 0.5) is 8.78 Å². The van der Waals surface area contributed by atoms with Crippen molar-refractivity contribution in [3.63, 3.8) is 0 Å². The van der Waals surface area contributed by atoms with E-state index in [9.17, 15) is 13.6 Å². The predicted molar refractivity (Wildman–Crippen MR) is 68.9 cm³/mol. The van der Waals surface area contributed by atoms with E-state index in [4.69, 9.17) is 4.74 Å². The lowest BCUT2D eigenvalue weighted by Gasteiger charge is -2.24. The van der Waals surface area contributed by atoms with Crippen LogP contribution in [-0.4, -0.2) is 13.2 Å². The van der Waals surface area contributed by atoms with Crippen LogP contribution in [0.3, 0.4) is 0 Å². The van der Waals surface area contributed by atoms with Gasteiger partial charge in [0.1, 0.15) is 5.54 Å². The van der Waals surface area contributed by atoms with E-state index in [1.807, 2.05) is 0 Å². The van der Waals surface area contributed by atoms with Crippen LogP contribution in [0.2, 0.25) is 0 Å². The second-order valence-electron chi connectivity index (χ2n) is 4.51. The monoisotopic (exact) mass is 331 g/mol. The van der Waals surface area contributed by atoms with Gasteiger partial charge in [-0.05, 0) is 34.8 Å². The summed E-state index contributed by atoms with van der Waals surface area (Å²) in [7, 11) is 1.26. The summed E-state index contributed by atoms with van der Waals surface area (Å²) < 4.78 is 33.2. The van der Waals surface area contributed by atoms with Gasteiger partial charge in [-0.25, -0.2) is 9.18 Å². The predicted octanol–water partition coefficient (Wildman–Crippen LogP) is 3.84. The van der Waals surface area contributed by atoms with E-state index in [-0.39, 0.29) is 11.3 Å². The standard InChI is InChI=1S/C13H12BrF2NO2/c1-19-12-9(14)6-8(10(15)11(12)16)13(17-7-18)4-2-3-5-13/h6H,2-5H2,1H3. The summed E-state index contributed by atoms with van der Waals surface area (Å²) in [4.78, 5) is 14.3. The Morgan fingerprint density at radius 3 is 2.53 bits per heavy atom. The molecule has 1 aromatic rings. The van der Waals surface area contributed by atoms with Gasteiger partial charge in [0.2, 0.25) is 11.9 Å². The number of aliphatic imine (C=N–C) groups is 1. The Hall–Kier alpha value is -1.26. The Balaban J connectivity index is 2.65. The van der Waals surface area contributed by atoms with E-state index in [1.165, 1.54) is 19.3 Å². The Labute approximate surface area is 117 Å². The zero-order valence-corrected chi connectivity index (χ0v) is 11.9. The summed E-state index contributed by atoms with van der Waals surface area (Å²) in [6.07, 6.45) is 4.14. The lowest BCUT2D eigenvalue weighted by molar-refractivity contribution is 0.356. The van der Waals surface area contributed by atoms with E-state index in [2.05, 4.69) is 20.9 Å². The zero-order valence-electron chi connectivity index (χ0n) is 10.3. The molecule has 0 aliphatic heterocycles. The van der Waals surface area contributed by atoms with Crippen LogP contribution >= 0.6 is 15.9 Å². The molecule has 0 bridgehead atoms. The molecular formula is C13H12BrF2NO2. The Kier molecular flexibility index (Phi) is 4.02. The van der Waals surface area contributed by atoms with E-state index in [0.29, 0.717) is 17.3 Å².